The number of para-hydroxylation sites is 2. The number of aryl methyl sites for hydroxylation is 1. The number of nitrogens with zero attached hydrogens (tertiary/aromatic N) is 1. The number of halogens is 3. The highest BCUT2D eigenvalue weighted by atomic mass is 35.5. The van der Waals surface area contributed by atoms with Crippen molar-refractivity contribution < 1.29 is 9.53 Å². The van der Waals surface area contributed by atoms with Crippen LogP contribution in [0.3, 0.4) is 0 Å². The fourth-order valence-corrected chi connectivity index (χ4v) is 4.18. The van der Waals surface area contributed by atoms with Gasteiger partial charge in [-0.15, -0.1) is 0 Å². The molecule has 1 heterocycles. The summed E-state index contributed by atoms with van der Waals surface area (Å²) in [6, 6.07) is 13.6. The first kappa shape index (κ1) is 22.5. The highest BCUT2D eigenvalue weighted by molar-refractivity contribution is 6.42. The Labute approximate surface area is 200 Å². The fourth-order valence-electron chi connectivity index (χ4n) is 3.36. The minimum Gasteiger partial charge on any atom is -0.481 e. The number of carbonyl (C=O) groups excluding carboxylic acids is 1. The maximum absolute atomic E-state index is 12.6. The standard InChI is InChI=1S/C24H20Cl3N3O2/c1-12-8-9-15(24-29-16-6-4-5-7-17(16)30-24)10-18(12)28-19(31)11-32-23-21(26)13(2)20(25)14(3)22(23)27/h4-10H,11H2,1-3H3,(H,28,31)(H,29,30). The molecule has 0 bridgehead atoms. The van der Waals surface area contributed by atoms with Gasteiger partial charge >= 0.3 is 0 Å². The first-order valence-electron chi connectivity index (χ1n) is 9.88. The molecular weight excluding hydrogens is 469 g/mol. The molecule has 0 saturated heterocycles. The van der Waals surface area contributed by atoms with Crippen molar-refractivity contribution in [2.24, 2.45) is 0 Å². The number of aromatic amines is 1. The van der Waals surface area contributed by atoms with Crippen LogP contribution in [0.15, 0.2) is 42.5 Å². The van der Waals surface area contributed by atoms with E-state index < -0.39 is 0 Å². The molecule has 4 rings (SSSR count). The van der Waals surface area contributed by atoms with Crippen molar-refractivity contribution in [2.45, 2.75) is 20.8 Å². The number of aromatic nitrogens is 2. The topological polar surface area (TPSA) is 67.0 Å². The van der Waals surface area contributed by atoms with Crippen LogP contribution >= 0.6 is 34.8 Å². The lowest BCUT2D eigenvalue weighted by Gasteiger charge is -2.16. The summed E-state index contributed by atoms with van der Waals surface area (Å²) in [4.78, 5) is 20.5. The fraction of sp³-hybridized carbons (Fsp3) is 0.167. The molecule has 0 aliphatic carbocycles. The smallest absolute Gasteiger partial charge is 0.262 e. The average Bonchev–Trinajstić information content (AvgIpc) is 3.22. The van der Waals surface area contributed by atoms with Crippen molar-refractivity contribution in [1.29, 1.82) is 0 Å². The van der Waals surface area contributed by atoms with E-state index in [2.05, 4.69) is 15.3 Å². The van der Waals surface area contributed by atoms with Crippen LogP contribution in [0.2, 0.25) is 15.1 Å². The zero-order chi connectivity index (χ0) is 23.0. The van der Waals surface area contributed by atoms with E-state index in [1.807, 2.05) is 49.4 Å². The second kappa shape index (κ2) is 9.02. The SMILES string of the molecule is Cc1ccc(-c2nc3ccccc3[nH]2)cc1NC(=O)COc1c(Cl)c(C)c(Cl)c(C)c1Cl. The minimum atomic E-state index is -0.341. The van der Waals surface area contributed by atoms with Gasteiger partial charge in [0.15, 0.2) is 12.4 Å². The van der Waals surface area contributed by atoms with Crippen LogP contribution in [0, 0.1) is 20.8 Å². The summed E-state index contributed by atoms with van der Waals surface area (Å²) in [5.41, 5.74) is 5.57. The Morgan fingerprint density at radius 2 is 1.69 bits per heavy atom. The molecule has 32 heavy (non-hydrogen) atoms. The first-order valence-corrected chi connectivity index (χ1v) is 11.0. The summed E-state index contributed by atoms with van der Waals surface area (Å²) in [5.74, 6) is 0.631. The molecule has 4 aromatic rings. The van der Waals surface area contributed by atoms with Crippen molar-refractivity contribution in [3.8, 4) is 17.1 Å². The van der Waals surface area contributed by atoms with E-state index in [1.54, 1.807) is 13.8 Å². The number of rotatable bonds is 5. The Kier molecular flexibility index (Phi) is 6.33. The highest BCUT2D eigenvalue weighted by Gasteiger charge is 2.19. The van der Waals surface area contributed by atoms with Crippen molar-refractivity contribution in [3.63, 3.8) is 0 Å². The Hall–Kier alpha value is -2.73. The van der Waals surface area contributed by atoms with Crippen LogP contribution in [0.4, 0.5) is 5.69 Å². The lowest BCUT2D eigenvalue weighted by molar-refractivity contribution is -0.118. The third-order valence-corrected chi connectivity index (χ3v) is 6.71. The number of H-pyrrole nitrogens is 1. The van der Waals surface area contributed by atoms with Crippen molar-refractivity contribution in [3.05, 3.63) is 74.2 Å². The van der Waals surface area contributed by atoms with Crippen molar-refractivity contribution >= 4 is 57.4 Å². The average molecular weight is 489 g/mol. The van der Waals surface area contributed by atoms with Crippen LogP contribution in [-0.2, 0) is 4.79 Å². The number of ether oxygens (including phenoxy) is 1. The Morgan fingerprint density at radius 1 is 1.00 bits per heavy atom. The molecule has 0 spiro atoms. The molecule has 0 fully saturated rings. The number of fused-ring (bicyclic) bond motifs is 1. The van der Waals surface area contributed by atoms with Crippen LogP contribution < -0.4 is 10.1 Å². The summed E-state index contributed by atoms with van der Waals surface area (Å²) in [6.07, 6.45) is 0. The molecule has 0 aliphatic heterocycles. The number of amides is 1. The number of hydrogen-bond donors (Lipinski definition) is 2. The van der Waals surface area contributed by atoms with Gasteiger partial charge in [0, 0.05) is 16.3 Å². The third kappa shape index (κ3) is 4.29. The van der Waals surface area contributed by atoms with E-state index in [1.165, 1.54) is 0 Å². The van der Waals surface area contributed by atoms with Gasteiger partial charge in [0.05, 0.1) is 21.1 Å². The van der Waals surface area contributed by atoms with Gasteiger partial charge in [0.2, 0.25) is 0 Å². The lowest BCUT2D eigenvalue weighted by atomic mass is 10.1. The van der Waals surface area contributed by atoms with Crippen molar-refractivity contribution in [2.75, 3.05) is 11.9 Å². The predicted molar refractivity (Wildman–Crippen MR) is 131 cm³/mol. The monoisotopic (exact) mass is 487 g/mol. The summed E-state index contributed by atoms with van der Waals surface area (Å²) in [7, 11) is 0. The number of imidazole rings is 1. The van der Waals surface area contributed by atoms with Gasteiger partial charge in [-0.1, -0.05) is 59.1 Å². The van der Waals surface area contributed by atoms with E-state index in [9.17, 15) is 4.79 Å². The molecule has 0 aliphatic rings. The van der Waals surface area contributed by atoms with Crippen LogP contribution in [0.5, 0.6) is 5.75 Å². The highest BCUT2D eigenvalue weighted by Crippen LogP contribution is 2.42. The van der Waals surface area contributed by atoms with E-state index in [0.29, 0.717) is 31.9 Å². The number of anilines is 1. The maximum atomic E-state index is 12.6. The second-order valence-electron chi connectivity index (χ2n) is 7.49. The first-order chi connectivity index (χ1) is 15.3. The molecule has 1 aromatic heterocycles. The zero-order valence-electron chi connectivity index (χ0n) is 17.6. The molecule has 0 atom stereocenters. The second-order valence-corrected chi connectivity index (χ2v) is 8.62. The number of nitrogens with one attached hydrogen (secondary N) is 2. The molecule has 0 saturated carbocycles. The molecular formula is C24H20Cl3N3O2. The predicted octanol–water partition coefficient (Wildman–Crippen LogP) is 7.13. The van der Waals surface area contributed by atoms with Gasteiger partial charge < -0.3 is 15.0 Å². The molecule has 1 amide bonds. The van der Waals surface area contributed by atoms with E-state index in [4.69, 9.17) is 39.5 Å². The lowest BCUT2D eigenvalue weighted by Crippen LogP contribution is -2.21. The normalized spacial score (nSPS) is 11.1. The van der Waals surface area contributed by atoms with Gasteiger partial charge in [-0.25, -0.2) is 4.98 Å². The van der Waals surface area contributed by atoms with Crippen LogP contribution in [-0.4, -0.2) is 22.5 Å². The molecule has 8 heteroatoms. The minimum absolute atomic E-state index is 0.246. The summed E-state index contributed by atoms with van der Waals surface area (Å²) >= 11 is 18.9. The van der Waals surface area contributed by atoms with Crippen molar-refractivity contribution in [1.82, 2.24) is 9.97 Å². The Balaban J connectivity index is 1.52. The van der Waals surface area contributed by atoms with E-state index in [0.717, 1.165) is 28.0 Å². The molecule has 5 nitrogen and oxygen atoms in total. The van der Waals surface area contributed by atoms with Gasteiger partial charge in [-0.3, -0.25) is 4.79 Å². The number of hydrogen-bond acceptors (Lipinski definition) is 3. The summed E-state index contributed by atoms with van der Waals surface area (Å²) < 4.78 is 5.66. The largest absolute Gasteiger partial charge is 0.481 e. The molecule has 164 valence electrons. The third-order valence-electron chi connectivity index (χ3n) is 5.24. The maximum Gasteiger partial charge on any atom is 0.262 e. The van der Waals surface area contributed by atoms with Gasteiger partial charge in [0.25, 0.3) is 5.91 Å². The number of carbonyl (C=O) groups is 1. The molecule has 3 aromatic carbocycles. The molecule has 0 unspecified atom stereocenters. The van der Waals surface area contributed by atoms with Crippen LogP contribution in [0.1, 0.15) is 16.7 Å². The molecule has 0 radical (unpaired) electrons. The van der Waals surface area contributed by atoms with Gasteiger partial charge in [-0.2, -0.15) is 0 Å². The summed E-state index contributed by atoms with van der Waals surface area (Å²) in [6.45, 7) is 5.20. The number of benzene rings is 3. The van der Waals surface area contributed by atoms with E-state index >= 15 is 0 Å². The Bertz CT molecular complexity index is 1290. The summed E-state index contributed by atoms with van der Waals surface area (Å²) in [5, 5.41) is 3.95. The quantitative estimate of drug-likeness (QED) is 0.314. The molecule has 2 N–H and O–H groups in total. The van der Waals surface area contributed by atoms with Crippen LogP contribution in [0.25, 0.3) is 22.4 Å². The van der Waals surface area contributed by atoms with E-state index in [-0.39, 0.29) is 18.3 Å². The zero-order valence-corrected chi connectivity index (χ0v) is 19.9. The Morgan fingerprint density at radius 3 is 2.38 bits per heavy atom. The van der Waals surface area contributed by atoms with Gasteiger partial charge in [-0.05, 0) is 55.7 Å². The van der Waals surface area contributed by atoms with Gasteiger partial charge in [0.1, 0.15) is 5.82 Å².